The van der Waals surface area contributed by atoms with Gasteiger partial charge in [-0.15, -0.1) is 10.1 Å². The third-order valence-electron chi connectivity index (χ3n) is 5.78. The van der Waals surface area contributed by atoms with Gasteiger partial charge in [-0.3, -0.25) is 0 Å². The molecule has 0 radical (unpaired) electrons. The van der Waals surface area contributed by atoms with E-state index in [2.05, 4.69) is 29.3 Å². The van der Waals surface area contributed by atoms with Gasteiger partial charge in [0.15, 0.2) is 17.0 Å². The summed E-state index contributed by atoms with van der Waals surface area (Å²) in [6.45, 7) is 3.29. The van der Waals surface area contributed by atoms with Crippen molar-refractivity contribution in [1.29, 1.82) is 0 Å². The minimum atomic E-state index is -0.715. The highest BCUT2D eigenvalue weighted by Crippen LogP contribution is 2.24. The quantitative estimate of drug-likeness (QED) is 0.252. The summed E-state index contributed by atoms with van der Waals surface area (Å²) in [5.41, 5.74) is 1.88. The first-order valence-corrected chi connectivity index (χ1v) is 11.4. The van der Waals surface area contributed by atoms with Crippen molar-refractivity contribution >= 4 is 17.0 Å². The minimum Gasteiger partial charge on any atom is -0.355 e. The molecule has 0 aliphatic carbocycles. The Morgan fingerprint density at radius 1 is 0.900 bits per heavy atom. The molecule has 0 bridgehead atoms. The second-order valence-corrected chi connectivity index (χ2v) is 8.09. The van der Waals surface area contributed by atoms with Crippen molar-refractivity contribution in [3.8, 4) is 0 Å². The van der Waals surface area contributed by atoms with E-state index in [4.69, 9.17) is 0 Å². The fraction of sp³-hybridized carbons (Fsp3) is 0.762. The van der Waals surface area contributed by atoms with Gasteiger partial charge >= 0.3 is 0 Å². The Balaban J connectivity index is 1.30. The van der Waals surface area contributed by atoms with Crippen molar-refractivity contribution in [3.05, 3.63) is 22.8 Å². The highest BCUT2D eigenvalue weighted by Gasteiger charge is 2.17. The van der Waals surface area contributed by atoms with Crippen LogP contribution in [0.1, 0.15) is 77.0 Å². The van der Waals surface area contributed by atoms with E-state index in [1.54, 1.807) is 6.33 Å². The van der Waals surface area contributed by atoms with E-state index in [1.165, 1.54) is 51.4 Å². The van der Waals surface area contributed by atoms with E-state index in [1.807, 2.05) is 6.33 Å². The van der Waals surface area contributed by atoms with E-state index in [9.17, 15) is 10.1 Å². The summed E-state index contributed by atoms with van der Waals surface area (Å²) in [5.74, 6) is 0.989. The lowest BCUT2D eigenvalue weighted by atomic mass is 10.1. The van der Waals surface area contributed by atoms with Gasteiger partial charge in [0.25, 0.3) is 5.09 Å². The minimum absolute atomic E-state index is 0.223. The summed E-state index contributed by atoms with van der Waals surface area (Å²) in [6, 6.07) is 0. The lowest BCUT2D eigenvalue weighted by molar-refractivity contribution is -0.757. The van der Waals surface area contributed by atoms with Gasteiger partial charge in [-0.2, -0.15) is 0 Å². The Bertz CT molecular complexity index is 775. The lowest BCUT2D eigenvalue weighted by Crippen LogP contribution is -2.30. The first-order chi connectivity index (χ1) is 14.8. The van der Waals surface area contributed by atoms with Crippen LogP contribution >= 0.6 is 0 Å². The molecule has 2 aromatic rings. The number of aromatic nitrogens is 4. The zero-order valence-electron chi connectivity index (χ0n) is 17.9. The fourth-order valence-corrected chi connectivity index (χ4v) is 4.13. The molecule has 9 nitrogen and oxygen atoms in total. The zero-order chi connectivity index (χ0) is 21.0. The van der Waals surface area contributed by atoms with E-state index in [0.29, 0.717) is 0 Å². The average molecular weight is 419 g/mol. The number of anilines is 1. The van der Waals surface area contributed by atoms with Crippen molar-refractivity contribution in [3.63, 3.8) is 0 Å². The Morgan fingerprint density at radius 3 is 2.27 bits per heavy atom. The van der Waals surface area contributed by atoms with Gasteiger partial charge in [0.2, 0.25) is 0 Å². The summed E-state index contributed by atoms with van der Waals surface area (Å²) in [5, 5.41) is 9.33. The molecule has 0 aromatic carbocycles. The lowest BCUT2D eigenvalue weighted by Gasteiger charge is -2.27. The van der Waals surface area contributed by atoms with Crippen molar-refractivity contribution in [1.82, 2.24) is 19.5 Å². The van der Waals surface area contributed by atoms with Crippen LogP contribution in [-0.2, 0) is 11.4 Å². The van der Waals surface area contributed by atoms with Crippen molar-refractivity contribution in [2.24, 2.45) is 0 Å². The molecule has 0 spiro atoms. The number of nitrogens with zero attached hydrogens (tertiary/aromatic N) is 6. The number of fused-ring (bicyclic) bond motifs is 1. The molecule has 0 saturated carbocycles. The number of rotatable bonds is 14. The van der Waals surface area contributed by atoms with Crippen LogP contribution in [0.5, 0.6) is 0 Å². The molecule has 0 N–H and O–H groups in total. The van der Waals surface area contributed by atoms with Gasteiger partial charge in [0, 0.05) is 19.6 Å². The van der Waals surface area contributed by atoms with Crippen LogP contribution in [0.3, 0.4) is 0 Å². The van der Waals surface area contributed by atoms with Crippen LogP contribution in [-0.4, -0.2) is 44.3 Å². The summed E-state index contributed by atoms with van der Waals surface area (Å²) in [4.78, 5) is 30.3. The van der Waals surface area contributed by atoms with Crippen LogP contribution < -0.4 is 4.90 Å². The molecular formula is C21H34N6O3. The average Bonchev–Trinajstić information content (AvgIpc) is 3.18. The monoisotopic (exact) mass is 418 g/mol. The predicted octanol–water partition coefficient (Wildman–Crippen LogP) is 4.54. The van der Waals surface area contributed by atoms with Crippen molar-refractivity contribution in [2.45, 2.75) is 83.6 Å². The molecule has 3 rings (SSSR count). The molecular weight excluding hydrogens is 384 g/mol. The second-order valence-electron chi connectivity index (χ2n) is 8.09. The standard InChI is InChI=1S/C21H34N6O3/c28-27(29)30-16-12-7-5-3-1-2-4-6-9-15-26-18-24-19-20(22-17-23-21(19)26)25-13-10-8-11-14-25/h17-18H,1-16H2. The second kappa shape index (κ2) is 12.3. The molecule has 1 fully saturated rings. The molecule has 1 saturated heterocycles. The largest absolute Gasteiger partial charge is 0.355 e. The van der Waals surface area contributed by atoms with Crippen LogP contribution in [0.2, 0.25) is 0 Å². The van der Waals surface area contributed by atoms with E-state index < -0.39 is 5.09 Å². The Hall–Kier alpha value is -2.45. The first-order valence-electron chi connectivity index (χ1n) is 11.4. The van der Waals surface area contributed by atoms with E-state index in [-0.39, 0.29) is 6.61 Å². The summed E-state index contributed by atoms with van der Waals surface area (Å²) >= 11 is 0. The molecule has 166 valence electrons. The molecule has 1 aliphatic heterocycles. The summed E-state index contributed by atoms with van der Waals surface area (Å²) < 4.78 is 2.16. The third-order valence-corrected chi connectivity index (χ3v) is 5.78. The predicted molar refractivity (Wildman–Crippen MR) is 116 cm³/mol. The van der Waals surface area contributed by atoms with E-state index >= 15 is 0 Å². The molecule has 0 atom stereocenters. The van der Waals surface area contributed by atoms with Crippen LogP contribution in [0, 0.1) is 10.1 Å². The van der Waals surface area contributed by atoms with Gasteiger partial charge in [-0.25, -0.2) is 15.0 Å². The summed E-state index contributed by atoms with van der Waals surface area (Å²) in [6.07, 6.45) is 17.5. The van der Waals surface area contributed by atoms with Gasteiger partial charge in [0.05, 0.1) is 12.9 Å². The molecule has 0 amide bonds. The Morgan fingerprint density at radius 2 is 1.57 bits per heavy atom. The number of hydrogen-bond acceptors (Lipinski definition) is 7. The first kappa shape index (κ1) is 22.2. The smallest absolute Gasteiger partial charge is 0.294 e. The number of unbranched alkanes of at least 4 members (excludes halogenated alkanes) is 8. The van der Waals surface area contributed by atoms with Gasteiger partial charge in [-0.05, 0) is 32.1 Å². The Labute approximate surface area is 178 Å². The fourth-order valence-electron chi connectivity index (χ4n) is 4.13. The maximum atomic E-state index is 10.1. The molecule has 2 aromatic heterocycles. The summed E-state index contributed by atoms with van der Waals surface area (Å²) in [7, 11) is 0. The van der Waals surface area contributed by atoms with E-state index in [0.717, 1.165) is 62.3 Å². The number of imidazole rings is 1. The number of piperidine rings is 1. The highest BCUT2D eigenvalue weighted by molar-refractivity contribution is 5.83. The number of hydrogen-bond donors (Lipinski definition) is 0. The highest BCUT2D eigenvalue weighted by atomic mass is 16.9. The SMILES string of the molecule is O=[N+]([O-])OCCCCCCCCCCCn1cnc2c(N3CCCCC3)ncnc21. The normalized spacial score (nSPS) is 14.3. The third kappa shape index (κ3) is 6.81. The van der Waals surface area contributed by atoms with Crippen molar-refractivity contribution < 1.29 is 9.92 Å². The molecule has 30 heavy (non-hydrogen) atoms. The van der Waals surface area contributed by atoms with Gasteiger partial charge in [0.1, 0.15) is 6.33 Å². The van der Waals surface area contributed by atoms with Crippen LogP contribution in [0.15, 0.2) is 12.7 Å². The Kier molecular flexibility index (Phi) is 9.11. The number of aryl methyl sites for hydroxylation is 1. The zero-order valence-corrected chi connectivity index (χ0v) is 17.9. The van der Waals surface area contributed by atoms with Crippen LogP contribution in [0.25, 0.3) is 11.2 Å². The van der Waals surface area contributed by atoms with Crippen molar-refractivity contribution in [2.75, 3.05) is 24.6 Å². The maximum absolute atomic E-state index is 10.1. The van der Waals surface area contributed by atoms with Gasteiger partial charge < -0.3 is 14.3 Å². The molecule has 0 unspecified atom stereocenters. The topological polar surface area (TPSA) is 99.2 Å². The molecule has 3 heterocycles. The maximum Gasteiger partial charge on any atom is 0.294 e. The molecule has 9 heteroatoms. The van der Waals surface area contributed by atoms with Crippen LogP contribution in [0.4, 0.5) is 5.82 Å². The van der Waals surface area contributed by atoms with Gasteiger partial charge in [-0.1, -0.05) is 44.9 Å². The molecule has 1 aliphatic rings.